The number of hydrogen-bond acceptors (Lipinski definition) is 2. The molecule has 1 aromatic carbocycles. The molecule has 0 spiro atoms. The zero-order valence-corrected chi connectivity index (χ0v) is 10.0. The van der Waals surface area contributed by atoms with Crippen LogP contribution in [-0.4, -0.2) is 23.9 Å². The van der Waals surface area contributed by atoms with E-state index >= 15 is 0 Å². The number of hydrogen-bond donors (Lipinski definition) is 1. The molecule has 1 saturated heterocycles. The smallest absolute Gasteiger partial charge is 0.220 e. The van der Waals surface area contributed by atoms with Gasteiger partial charge in [0.25, 0.3) is 0 Å². The highest BCUT2D eigenvalue weighted by molar-refractivity contribution is 5.76. The minimum Gasteiger partial charge on any atom is -0.369 e. The lowest BCUT2D eigenvalue weighted by atomic mass is 9.96. The minimum atomic E-state index is -0.558. The SMILES string of the molecule is NC(=O)C1CCN(Cc2cc(F)cc(F)c2)CC1. The summed E-state index contributed by atoms with van der Waals surface area (Å²) in [7, 11) is 0. The van der Waals surface area contributed by atoms with Crippen LogP contribution in [0.3, 0.4) is 0 Å². The molecule has 0 aromatic heterocycles. The molecule has 1 aliphatic rings. The van der Waals surface area contributed by atoms with Crippen LogP contribution >= 0.6 is 0 Å². The van der Waals surface area contributed by atoms with E-state index in [0.717, 1.165) is 19.2 Å². The molecule has 18 heavy (non-hydrogen) atoms. The van der Waals surface area contributed by atoms with Gasteiger partial charge >= 0.3 is 0 Å². The van der Waals surface area contributed by atoms with Gasteiger partial charge in [-0.15, -0.1) is 0 Å². The Labute approximate surface area is 105 Å². The topological polar surface area (TPSA) is 46.3 Å². The highest BCUT2D eigenvalue weighted by Crippen LogP contribution is 2.19. The van der Waals surface area contributed by atoms with E-state index in [1.807, 2.05) is 0 Å². The first-order valence-electron chi connectivity index (χ1n) is 6.01. The number of piperidine rings is 1. The summed E-state index contributed by atoms with van der Waals surface area (Å²) < 4.78 is 26.1. The van der Waals surface area contributed by atoms with E-state index in [1.54, 1.807) is 0 Å². The van der Waals surface area contributed by atoms with Crippen molar-refractivity contribution in [2.24, 2.45) is 11.7 Å². The van der Waals surface area contributed by atoms with E-state index in [4.69, 9.17) is 5.73 Å². The van der Waals surface area contributed by atoms with E-state index < -0.39 is 11.6 Å². The lowest BCUT2D eigenvalue weighted by molar-refractivity contribution is -0.123. The van der Waals surface area contributed by atoms with Gasteiger partial charge in [0, 0.05) is 18.5 Å². The fourth-order valence-electron chi connectivity index (χ4n) is 2.34. The van der Waals surface area contributed by atoms with Crippen molar-refractivity contribution >= 4 is 5.91 Å². The number of rotatable bonds is 3. The predicted octanol–water partition coefficient (Wildman–Crippen LogP) is 1.66. The van der Waals surface area contributed by atoms with Crippen molar-refractivity contribution in [1.29, 1.82) is 0 Å². The summed E-state index contributed by atoms with van der Waals surface area (Å²) in [6.07, 6.45) is 1.43. The second-order valence-electron chi connectivity index (χ2n) is 4.73. The standard InChI is InChI=1S/C13H16F2N2O/c14-11-5-9(6-12(15)7-11)8-17-3-1-10(2-4-17)13(16)18/h5-7,10H,1-4,8H2,(H2,16,18). The molecule has 0 saturated carbocycles. The molecule has 1 amide bonds. The number of nitrogens with two attached hydrogens (primary N) is 1. The second kappa shape index (κ2) is 5.44. The maximum atomic E-state index is 13.0. The van der Waals surface area contributed by atoms with Gasteiger partial charge in [0.05, 0.1) is 0 Å². The summed E-state index contributed by atoms with van der Waals surface area (Å²) >= 11 is 0. The molecular weight excluding hydrogens is 238 g/mol. The molecule has 1 heterocycles. The first-order chi connectivity index (χ1) is 8.54. The fraction of sp³-hybridized carbons (Fsp3) is 0.462. The van der Waals surface area contributed by atoms with Gasteiger partial charge in [-0.05, 0) is 43.6 Å². The molecule has 0 aliphatic carbocycles. The van der Waals surface area contributed by atoms with Crippen molar-refractivity contribution in [3.63, 3.8) is 0 Å². The number of amides is 1. The number of likely N-dealkylation sites (tertiary alicyclic amines) is 1. The van der Waals surface area contributed by atoms with Gasteiger partial charge in [0.2, 0.25) is 5.91 Å². The summed E-state index contributed by atoms with van der Waals surface area (Å²) in [5.74, 6) is -1.44. The Hall–Kier alpha value is -1.49. The Morgan fingerprint density at radius 1 is 1.22 bits per heavy atom. The fourth-order valence-corrected chi connectivity index (χ4v) is 2.34. The Bertz CT molecular complexity index is 422. The predicted molar refractivity (Wildman–Crippen MR) is 63.6 cm³/mol. The van der Waals surface area contributed by atoms with E-state index in [2.05, 4.69) is 4.90 Å². The van der Waals surface area contributed by atoms with Crippen LogP contribution in [0.25, 0.3) is 0 Å². The zero-order valence-electron chi connectivity index (χ0n) is 10.0. The lowest BCUT2D eigenvalue weighted by Gasteiger charge is -2.30. The number of primary amides is 1. The number of nitrogens with zero attached hydrogens (tertiary/aromatic N) is 1. The van der Waals surface area contributed by atoms with Gasteiger partial charge in [-0.2, -0.15) is 0 Å². The van der Waals surface area contributed by atoms with E-state index in [9.17, 15) is 13.6 Å². The molecule has 1 fully saturated rings. The van der Waals surface area contributed by atoms with Crippen molar-refractivity contribution in [1.82, 2.24) is 4.90 Å². The Balaban J connectivity index is 1.93. The summed E-state index contributed by atoms with van der Waals surface area (Å²) in [4.78, 5) is 13.1. The highest BCUT2D eigenvalue weighted by atomic mass is 19.1. The number of benzene rings is 1. The molecule has 3 nitrogen and oxygen atoms in total. The molecule has 0 unspecified atom stereocenters. The number of carbonyl (C=O) groups excluding carboxylic acids is 1. The monoisotopic (exact) mass is 254 g/mol. The molecule has 0 bridgehead atoms. The molecule has 5 heteroatoms. The van der Waals surface area contributed by atoms with Gasteiger partial charge in [-0.1, -0.05) is 0 Å². The molecule has 0 radical (unpaired) electrons. The van der Waals surface area contributed by atoms with Crippen LogP contribution in [0.2, 0.25) is 0 Å². The van der Waals surface area contributed by atoms with Crippen LogP contribution in [0, 0.1) is 17.6 Å². The number of halogens is 2. The van der Waals surface area contributed by atoms with Crippen LogP contribution in [-0.2, 0) is 11.3 Å². The zero-order chi connectivity index (χ0) is 13.1. The normalized spacial score (nSPS) is 17.9. The lowest BCUT2D eigenvalue weighted by Crippen LogP contribution is -2.38. The highest BCUT2D eigenvalue weighted by Gasteiger charge is 2.23. The Kier molecular flexibility index (Phi) is 3.91. The largest absolute Gasteiger partial charge is 0.369 e. The van der Waals surface area contributed by atoms with Gasteiger partial charge in [-0.3, -0.25) is 9.69 Å². The van der Waals surface area contributed by atoms with E-state index in [1.165, 1.54) is 12.1 Å². The van der Waals surface area contributed by atoms with Crippen LogP contribution in [0.1, 0.15) is 18.4 Å². The first-order valence-corrected chi connectivity index (χ1v) is 6.01. The molecule has 1 aromatic rings. The Morgan fingerprint density at radius 2 is 1.78 bits per heavy atom. The third-order valence-electron chi connectivity index (χ3n) is 3.32. The van der Waals surface area contributed by atoms with Crippen molar-refractivity contribution in [3.05, 3.63) is 35.4 Å². The summed E-state index contributed by atoms with van der Waals surface area (Å²) in [5, 5.41) is 0. The van der Waals surface area contributed by atoms with Crippen LogP contribution in [0.15, 0.2) is 18.2 Å². The van der Waals surface area contributed by atoms with Crippen LogP contribution in [0.5, 0.6) is 0 Å². The molecular formula is C13H16F2N2O. The average molecular weight is 254 g/mol. The molecule has 2 rings (SSSR count). The molecule has 98 valence electrons. The second-order valence-corrected chi connectivity index (χ2v) is 4.73. The summed E-state index contributed by atoms with van der Waals surface area (Å²) in [5.41, 5.74) is 5.86. The summed E-state index contributed by atoms with van der Waals surface area (Å²) in [6.45, 7) is 1.96. The first kappa shape index (κ1) is 13.0. The van der Waals surface area contributed by atoms with Crippen LogP contribution < -0.4 is 5.73 Å². The quantitative estimate of drug-likeness (QED) is 0.891. The molecule has 1 aliphatic heterocycles. The van der Waals surface area contributed by atoms with Gasteiger partial charge < -0.3 is 5.73 Å². The van der Waals surface area contributed by atoms with Gasteiger partial charge in [-0.25, -0.2) is 8.78 Å². The molecule has 2 N–H and O–H groups in total. The maximum absolute atomic E-state index is 13.0. The van der Waals surface area contributed by atoms with Crippen LogP contribution in [0.4, 0.5) is 8.78 Å². The summed E-state index contributed by atoms with van der Waals surface area (Å²) in [6, 6.07) is 3.54. The van der Waals surface area contributed by atoms with E-state index in [0.29, 0.717) is 24.9 Å². The van der Waals surface area contributed by atoms with Crippen molar-refractivity contribution < 1.29 is 13.6 Å². The van der Waals surface area contributed by atoms with E-state index in [-0.39, 0.29) is 11.8 Å². The maximum Gasteiger partial charge on any atom is 0.220 e. The van der Waals surface area contributed by atoms with Gasteiger partial charge in [0.15, 0.2) is 0 Å². The van der Waals surface area contributed by atoms with Crippen molar-refractivity contribution in [3.8, 4) is 0 Å². The van der Waals surface area contributed by atoms with Crippen molar-refractivity contribution in [2.45, 2.75) is 19.4 Å². The number of carbonyl (C=O) groups is 1. The Morgan fingerprint density at radius 3 is 2.28 bits per heavy atom. The average Bonchev–Trinajstić information content (AvgIpc) is 2.28. The third-order valence-corrected chi connectivity index (χ3v) is 3.32. The van der Waals surface area contributed by atoms with Crippen molar-refractivity contribution in [2.75, 3.05) is 13.1 Å². The molecule has 0 atom stereocenters. The minimum absolute atomic E-state index is 0.0644. The van der Waals surface area contributed by atoms with Gasteiger partial charge in [0.1, 0.15) is 11.6 Å². The third kappa shape index (κ3) is 3.26.